The molecule has 3 aromatic carbocycles. The molecule has 0 unspecified atom stereocenters. The maximum Gasteiger partial charge on any atom is 0.331 e. The third-order valence-electron chi connectivity index (χ3n) is 7.07. The molecule has 0 amide bonds. The second-order valence-corrected chi connectivity index (χ2v) is 9.72. The smallest absolute Gasteiger partial charge is 0.331 e. The van der Waals surface area contributed by atoms with Gasteiger partial charge in [-0.15, -0.1) is 0 Å². The Morgan fingerprint density at radius 1 is 1.00 bits per heavy atom. The molecule has 1 atom stereocenters. The van der Waals surface area contributed by atoms with Gasteiger partial charge < -0.3 is 18.9 Å². The molecule has 1 fully saturated rings. The van der Waals surface area contributed by atoms with Gasteiger partial charge in [0.2, 0.25) is 0 Å². The number of rotatable bonds is 8. The molecule has 1 aromatic heterocycles. The molecular formula is C31H32N2O5. The van der Waals surface area contributed by atoms with Crippen molar-refractivity contribution in [2.24, 2.45) is 5.16 Å². The Morgan fingerprint density at radius 2 is 1.71 bits per heavy atom. The van der Waals surface area contributed by atoms with Gasteiger partial charge in [0.05, 0.1) is 11.8 Å². The summed E-state index contributed by atoms with van der Waals surface area (Å²) in [6.45, 7) is 9.27. The lowest BCUT2D eigenvalue weighted by Gasteiger charge is -2.13. The van der Waals surface area contributed by atoms with Gasteiger partial charge in [-0.1, -0.05) is 11.2 Å². The zero-order valence-electron chi connectivity index (χ0n) is 22.2. The number of aromatic nitrogens is 1. The lowest BCUT2D eigenvalue weighted by Crippen LogP contribution is -2.16. The Labute approximate surface area is 222 Å². The van der Waals surface area contributed by atoms with E-state index >= 15 is 0 Å². The van der Waals surface area contributed by atoms with Crippen LogP contribution in [-0.2, 0) is 20.9 Å². The average molecular weight is 513 g/mol. The van der Waals surface area contributed by atoms with Gasteiger partial charge in [-0.2, -0.15) is 0 Å². The maximum absolute atomic E-state index is 13.6. The molecule has 7 nitrogen and oxygen atoms in total. The summed E-state index contributed by atoms with van der Waals surface area (Å²) >= 11 is 0. The van der Waals surface area contributed by atoms with Gasteiger partial charge in [0.15, 0.2) is 5.78 Å². The summed E-state index contributed by atoms with van der Waals surface area (Å²) in [7, 11) is 0. The highest BCUT2D eigenvalue weighted by molar-refractivity contribution is 6.16. The Morgan fingerprint density at radius 3 is 2.34 bits per heavy atom. The minimum absolute atomic E-state index is 0.0313. The molecular weight excluding hydrogens is 480 g/mol. The van der Waals surface area contributed by atoms with Gasteiger partial charge in [0, 0.05) is 53.0 Å². The van der Waals surface area contributed by atoms with Crippen molar-refractivity contribution >= 4 is 39.3 Å². The van der Waals surface area contributed by atoms with Crippen LogP contribution in [0.5, 0.6) is 5.75 Å². The molecule has 0 radical (unpaired) electrons. The molecule has 0 N–H and O–H groups in total. The fourth-order valence-corrected chi connectivity index (χ4v) is 5.10. The first-order chi connectivity index (χ1) is 18.4. The Hall–Kier alpha value is -3.97. The zero-order valence-corrected chi connectivity index (χ0v) is 22.2. The first-order valence-corrected chi connectivity index (χ1v) is 13.0. The van der Waals surface area contributed by atoms with E-state index in [0.717, 1.165) is 64.7 Å². The van der Waals surface area contributed by atoms with Crippen LogP contribution in [-0.4, -0.2) is 41.3 Å². The number of carbonyl (C=O) groups excluding carboxylic acids is 2. The topological polar surface area (TPSA) is 79.1 Å². The van der Waals surface area contributed by atoms with Gasteiger partial charge in [-0.3, -0.25) is 4.79 Å². The van der Waals surface area contributed by atoms with Crippen LogP contribution in [0, 0.1) is 6.92 Å². The van der Waals surface area contributed by atoms with Crippen LogP contribution in [0.4, 0.5) is 0 Å². The summed E-state index contributed by atoms with van der Waals surface area (Å²) < 4.78 is 13.8. The van der Waals surface area contributed by atoms with Crippen LogP contribution in [0.3, 0.4) is 0 Å². The molecule has 1 aliphatic heterocycles. The highest BCUT2D eigenvalue weighted by Gasteiger charge is 2.19. The van der Waals surface area contributed by atoms with E-state index in [4.69, 9.17) is 14.3 Å². The van der Waals surface area contributed by atoms with Crippen LogP contribution in [0.2, 0.25) is 0 Å². The molecule has 7 heteroatoms. The number of aryl methyl sites for hydroxylation is 2. The van der Waals surface area contributed by atoms with Crippen LogP contribution in [0.15, 0.2) is 59.8 Å². The molecule has 4 aromatic rings. The molecule has 0 spiro atoms. The zero-order chi connectivity index (χ0) is 26.8. The normalized spacial score (nSPS) is 15.8. The van der Waals surface area contributed by atoms with Crippen molar-refractivity contribution in [2.75, 3.05) is 13.2 Å². The summed E-state index contributed by atoms with van der Waals surface area (Å²) in [5.41, 5.74) is 5.72. The van der Waals surface area contributed by atoms with Gasteiger partial charge in [-0.05, 0) is 93.3 Å². The number of fused-ring (bicyclic) bond motifs is 3. The van der Waals surface area contributed by atoms with Crippen molar-refractivity contribution in [2.45, 2.75) is 53.2 Å². The number of hydrogen-bond acceptors (Lipinski definition) is 6. The first-order valence-electron chi connectivity index (χ1n) is 13.0. The molecule has 196 valence electrons. The van der Waals surface area contributed by atoms with E-state index in [-0.39, 0.29) is 11.9 Å². The summed E-state index contributed by atoms with van der Waals surface area (Å²) in [5, 5.41) is 5.94. The van der Waals surface area contributed by atoms with Gasteiger partial charge in [-0.25, -0.2) is 4.79 Å². The number of oxime groups is 1. The average Bonchev–Trinajstić information content (AvgIpc) is 3.55. The monoisotopic (exact) mass is 512 g/mol. The van der Waals surface area contributed by atoms with E-state index in [9.17, 15) is 9.59 Å². The predicted molar refractivity (Wildman–Crippen MR) is 148 cm³/mol. The standard InChI is InChI=1S/C31H32N2O5/c1-5-33-29-12-8-22(20(3)32-38-21(4)34)16-27(29)28-17-23(9-13-30(28)33)31(35)26-11-10-24(15-19(26)2)37-18-25-7-6-14-36-25/h8-13,15-17,25H,5-7,14,18H2,1-4H3/b32-20-/t25-/m0/s1. The van der Waals surface area contributed by atoms with Crippen LogP contribution < -0.4 is 4.74 Å². The number of ether oxygens (including phenoxy) is 2. The highest BCUT2D eigenvalue weighted by Crippen LogP contribution is 2.32. The Bertz CT molecular complexity index is 1560. The number of nitrogens with zero attached hydrogens (tertiary/aromatic N) is 2. The number of ketones is 1. The second-order valence-electron chi connectivity index (χ2n) is 9.72. The third kappa shape index (κ3) is 5.07. The Kier molecular flexibility index (Phi) is 7.29. The summed E-state index contributed by atoms with van der Waals surface area (Å²) in [4.78, 5) is 29.6. The van der Waals surface area contributed by atoms with E-state index in [1.165, 1.54) is 6.92 Å². The minimum atomic E-state index is -0.464. The van der Waals surface area contributed by atoms with Crippen molar-refractivity contribution in [1.29, 1.82) is 0 Å². The lowest BCUT2D eigenvalue weighted by atomic mass is 9.97. The van der Waals surface area contributed by atoms with Crippen molar-refractivity contribution in [1.82, 2.24) is 4.57 Å². The molecule has 5 rings (SSSR count). The molecule has 1 aliphatic rings. The van der Waals surface area contributed by atoms with Gasteiger partial charge in [0.25, 0.3) is 0 Å². The largest absolute Gasteiger partial charge is 0.491 e. The summed E-state index contributed by atoms with van der Waals surface area (Å²) in [6, 6.07) is 17.5. The van der Waals surface area contributed by atoms with Gasteiger partial charge >= 0.3 is 5.97 Å². The van der Waals surface area contributed by atoms with Crippen LogP contribution in [0.25, 0.3) is 21.8 Å². The summed E-state index contributed by atoms with van der Waals surface area (Å²) in [6.07, 6.45) is 2.24. The molecule has 0 saturated carbocycles. The van der Waals surface area contributed by atoms with E-state index in [2.05, 4.69) is 16.6 Å². The van der Waals surface area contributed by atoms with Crippen LogP contribution >= 0.6 is 0 Å². The van der Waals surface area contributed by atoms with E-state index in [1.54, 1.807) is 6.92 Å². The van der Waals surface area contributed by atoms with Crippen molar-refractivity contribution in [3.63, 3.8) is 0 Å². The SMILES string of the molecule is CCn1c2ccc(C(=O)c3ccc(OC[C@@H]4CCCO4)cc3C)cc2c2cc(/C(C)=N\OC(C)=O)ccc21. The quantitative estimate of drug-likeness (QED) is 0.122. The third-order valence-corrected chi connectivity index (χ3v) is 7.07. The second kappa shape index (κ2) is 10.8. The maximum atomic E-state index is 13.6. The molecule has 0 bridgehead atoms. The van der Waals surface area contributed by atoms with E-state index < -0.39 is 5.97 Å². The fourth-order valence-electron chi connectivity index (χ4n) is 5.10. The van der Waals surface area contributed by atoms with E-state index in [0.29, 0.717) is 23.4 Å². The Balaban J connectivity index is 1.48. The fraction of sp³-hybridized carbons (Fsp3) is 0.323. The summed E-state index contributed by atoms with van der Waals surface area (Å²) in [5.74, 6) is 0.249. The van der Waals surface area contributed by atoms with Crippen molar-refractivity contribution in [3.05, 3.63) is 76.9 Å². The highest BCUT2D eigenvalue weighted by atomic mass is 16.7. The van der Waals surface area contributed by atoms with Crippen molar-refractivity contribution in [3.8, 4) is 5.75 Å². The van der Waals surface area contributed by atoms with E-state index in [1.807, 2.05) is 61.5 Å². The minimum Gasteiger partial charge on any atom is -0.491 e. The van der Waals surface area contributed by atoms with Crippen LogP contribution in [0.1, 0.15) is 60.7 Å². The lowest BCUT2D eigenvalue weighted by molar-refractivity contribution is -0.140. The molecule has 0 aliphatic carbocycles. The number of carbonyl (C=O) groups is 2. The van der Waals surface area contributed by atoms with Crippen molar-refractivity contribution < 1.29 is 23.9 Å². The molecule has 1 saturated heterocycles. The molecule has 38 heavy (non-hydrogen) atoms. The van der Waals surface area contributed by atoms with Gasteiger partial charge in [0.1, 0.15) is 12.4 Å². The predicted octanol–water partition coefficient (Wildman–Crippen LogP) is 6.20. The number of hydrogen-bond donors (Lipinski definition) is 0. The number of benzene rings is 3. The molecule has 2 heterocycles. The first kappa shape index (κ1) is 25.7.